The second-order valence-corrected chi connectivity index (χ2v) is 10.3. The van der Waals surface area contributed by atoms with Gasteiger partial charge < -0.3 is 19.7 Å². The lowest BCUT2D eigenvalue weighted by atomic mass is 9.85. The topological polar surface area (TPSA) is 117 Å². The number of amides is 1. The maximum Gasteiger partial charge on any atom is 0.354 e. The average Bonchev–Trinajstić information content (AvgIpc) is 3.30. The summed E-state index contributed by atoms with van der Waals surface area (Å²) in [6.07, 6.45) is 3.50. The molecular formula is C29H31N3O5. The molecule has 1 aromatic carbocycles. The number of aryl methyl sites for hydroxylation is 1. The van der Waals surface area contributed by atoms with Crippen molar-refractivity contribution in [3.05, 3.63) is 93.6 Å². The smallest absolute Gasteiger partial charge is 0.354 e. The first-order valence-electron chi connectivity index (χ1n) is 12.1. The van der Waals surface area contributed by atoms with Gasteiger partial charge in [0.2, 0.25) is 5.78 Å². The molecule has 2 aromatic heterocycles. The lowest BCUT2D eigenvalue weighted by Crippen LogP contribution is -2.29. The number of carbonyl (C=O) groups excluding carboxylic acids is 3. The van der Waals surface area contributed by atoms with Gasteiger partial charge in [-0.2, -0.15) is 0 Å². The summed E-state index contributed by atoms with van der Waals surface area (Å²) in [6.45, 7) is 9.71. The molecule has 192 valence electrons. The molecule has 1 fully saturated rings. The minimum Gasteiger partial charge on any atom is -0.872 e. The Hall–Kier alpha value is -4.20. The van der Waals surface area contributed by atoms with Crippen molar-refractivity contribution in [3.63, 3.8) is 0 Å². The number of ketones is 1. The molecule has 1 unspecified atom stereocenters. The van der Waals surface area contributed by atoms with Crippen LogP contribution in [0.25, 0.3) is 5.76 Å². The van der Waals surface area contributed by atoms with Crippen LogP contribution in [0.5, 0.6) is 0 Å². The molecule has 0 saturated carbocycles. The van der Waals surface area contributed by atoms with Gasteiger partial charge in [0.15, 0.2) is 12.4 Å². The number of Topliss-reactive ketones (excluding diaryl/α,β-unsaturated/α-hetero) is 1. The maximum absolute atomic E-state index is 14.0. The predicted octanol–water partition coefficient (Wildman–Crippen LogP) is 2.95. The van der Waals surface area contributed by atoms with E-state index >= 15 is 0 Å². The van der Waals surface area contributed by atoms with Crippen LogP contribution in [0, 0.1) is 13.8 Å². The number of nitrogens with zero attached hydrogens (tertiary/aromatic N) is 1. The van der Waals surface area contributed by atoms with E-state index in [1.807, 2.05) is 36.4 Å². The van der Waals surface area contributed by atoms with Crippen molar-refractivity contribution in [3.8, 4) is 0 Å². The molecule has 4 rings (SSSR count). The molecule has 1 saturated heterocycles. The summed E-state index contributed by atoms with van der Waals surface area (Å²) < 4.78 is 4.82. The van der Waals surface area contributed by atoms with E-state index < -0.39 is 29.5 Å². The number of likely N-dealkylation sites (tertiary alicyclic amines) is 1. The van der Waals surface area contributed by atoms with Crippen molar-refractivity contribution in [2.45, 2.75) is 52.6 Å². The number of methoxy groups -OCH3 is 1. The van der Waals surface area contributed by atoms with E-state index in [1.54, 1.807) is 26.2 Å². The molecule has 2 N–H and O–H groups in total. The lowest BCUT2D eigenvalue weighted by Gasteiger charge is -2.28. The molecule has 1 amide bonds. The number of benzene rings is 1. The zero-order chi connectivity index (χ0) is 27.1. The number of hydrogen-bond donors (Lipinski definition) is 1. The normalized spacial score (nSPS) is 17.4. The number of ether oxygens (including phenoxy) is 1. The first-order chi connectivity index (χ1) is 17.5. The van der Waals surface area contributed by atoms with Gasteiger partial charge in [0.25, 0.3) is 5.91 Å². The van der Waals surface area contributed by atoms with Gasteiger partial charge in [-0.05, 0) is 47.6 Å². The summed E-state index contributed by atoms with van der Waals surface area (Å²) in [6, 6.07) is 10.4. The number of hydrogen-bond acceptors (Lipinski definition) is 5. The molecular weight excluding hydrogens is 470 g/mol. The van der Waals surface area contributed by atoms with Crippen LogP contribution < -0.4 is 10.1 Å². The van der Waals surface area contributed by atoms with Crippen LogP contribution in [-0.4, -0.2) is 34.7 Å². The molecule has 8 heteroatoms. The summed E-state index contributed by atoms with van der Waals surface area (Å²) in [5.41, 5.74) is 3.45. The standard InChI is InChI=1S/C29H31N3O5/c1-16-21(17(2)31-23(16)28(36)37-6)25(33)22-24(19-9-11-20(12-10-19)29(3,4)5)32(27(35)26(22)34)15-18-8-7-13-30-14-18/h7-14,24,31,33H,15H2,1-6H3. The van der Waals surface area contributed by atoms with E-state index in [4.69, 9.17) is 4.74 Å². The Morgan fingerprint density at radius 1 is 1.14 bits per heavy atom. The quantitative estimate of drug-likeness (QED) is 0.250. The molecule has 0 aliphatic carbocycles. The van der Waals surface area contributed by atoms with Gasteiger partial charge in [0.1, 0.15) is 5.69 Å². The van der Waals surface area contributed by atoms with Gasteiger partial charge in [0, 0.05) is 22.9 Å². The van der Waals surface area contributed by atoms with E-state index in [9.17, 15) is 19.5 Å². The summed E-state index contributed by atoms with van der Waals surface area (Å²) in [4.78, 5) is 46.2. The van der Waals surface area contributed by atoms with Crippen molar-refractivity contribution in [1.82, 2.24) is 9.88 Å². The molecule has 37 heavy (non-hydrogen) atoms. The fourth-order valence-electron chi connectivity index (χ4n) is 4.80. The van der Waals surface area contributed by atoms with Crippen LogP contribution in [0.15, 0.2) is 54.4 Å². The molecule has 3 heterocycles. The number of carbonyl (C=O) groups is 3. The van der Waals surface area contributed by atoms with E-state index in [2.05, 4.69) is 30.7 Å². The highest BCUT2D eigenvalue weighted by Crippen LogP contribution is 2.41. The lowest BCUT2D eigenvalue weighted by molar-refractivity contribution is -0.378. The van der Waals surface area contributed by atoms with Crippen molar-refractivity contribution in [1.29, 1.82) is 0 Å². The SMILES string of the molecule is COC(=O)c1[nH]c(C)c(C([O-])=C2C(=O)C(=O)N(Cc3ccc[nH+]c3)C2c2ccc(C(C)(C)C)cc2)c1C. The van der Waals surface area contributed by atoms with Gasteiger partial charge in [0.05, 0.1) is 19.7 Å². The number of aromatic amines is 2. The molecule has 1 aliphatic rings. The third-order valence-electron chi connectivity index (χ3n) is 6.80. The minimum absolute atomic E-state index is 0.0919. The Balaban J connectivity index is 1.91. The maximum atomic E-state index is 14.0. The zero-order valence-corrected chi connectivity index (χ0v) is 21.9. The Bertz CT molecular complexity index is 1400. The fraction of sp³-hybridized carbons (Fsp3) is 0.310. The average molecular weight is 502 g/mol. The van der Waals surface area contributed by atoms with Crippen molar-refractivity contribution in [2.75, 3.05) is 7.11 Å². The van der Waals surface area contributed by atoms with Gasteiger partial charge in [-0.1, -0.05) is 50.8 Å². The van der Waals surface area contributed by atoms with Gasteiger partial charge in [-0.25, -0.2) is 9.78 Å². The molecule has 8 nitrogen and oxygen atoms in total. The van der Waals surface area contributed by atoms with Crippen molar-refractivity contribution in [2.24, 2.45) is 0 Å². The van der Waals surface area contributed by atoms with Crippen LogP contribution in [0.2, 0.25) is 0 Å². The van der Waals surface area contributed by atoms with Gasteiger partial charge in [-0.3, -0.25) is 9.59 Å². The molecule has 0 spiro atoms. The van der Waals surface area contributed by atoms with Crippen molar-refractivity contribution >= 4 is 23.4 Å². The van der Waals surface area contributed by atoms with E-state index in [1.165, 1.54) is 12.0 Å². The minimum atomic E-state index is -0.878. The van der Waals surface area contributed by atoms with Gasteiger partial charge in [-0.15, -0.1) is 0 Å². The first kappa shape index (κ1) is 25.9. The third kappa shape index (κ3) is 4.67. The number of aromatic nitrogens is 2. The fourth-order valence-corrected chi connectivity index (χ4v) is 4.80. The van der Waals surface area contributed by atoms with Crippen molar-refractivity contribution < 1.29 is 29.2 Å². The van der Waals surface area contributed by atoms with Crippen LogP contribution in [0.1, 0.15) is 70.8 Å². The van der Waals surface area contributed by atoms with E-state index in [0.717, 1.165) is 11.1 Å². The summed E-state index contributed by atoms with van der Waals surface area (Å²) in [5.74, 6) is -2.77. The highest BCUT2D eigenvalue weighted by Gasteiger charge is 2.44. The second-order valence-electron chi connectivity index (χ2n) is 10.3. The second kappa shape index (κ2) is 9.69. The van der Waals surface area contributed by atoms with Gasteiger partial charge >= 0.3 is 5.97 Å². The number of nitrogens with one attached hydrogen (secondary N) is 2. The summed E-state index contributed by atoms with van der Waals surface area (Å²) in [5, 5.41) is 14.0. The van der Waals surface area contributed by atoms with Crippen LogP contribution in [0.4, 0.5) is 0 Å². The van der Waals surface area contributed by atoms with Crippen LogP contribution in [-0.2, 0) is 26.3 Å². The van der Waals surface area contributed by atoms with Crippen LogP contribution in [0.3, 0.4) is 0 Å². The monoisotopic (exact) mass is 501 g/mol. The highest BCUT2D eigenvalue weighted by molar-refractivity contribution is 6.46. The Labute approximate surface area is 216 Å². The van der Waals surface area contributed by atoms with E-state index in [0.29, 0.717) is 16.8 Å². The molecule has 3 aromatic rings. The first-order valence-corrected chi connectivity index (χ1v) is 12.1. The Kier molecular flexibility index (Phi) is 6.78. The zero-order valence-electron chi connectivity index (χ0n) is 21.9. The summed E-state index contributed by atoms with van der Waals surface area (Å²) >= 11 is 0. The van der Waals surface area contributed by atoms with E-state index in [-0.39, 0.29) is 28.8 Å². The van der Waals surface area contributed by atoms with Crippen LogP contribution >= 0.6 is 0 Å². The Morgan fingerprint density at radius 3 is 2.38 bits per heavy atom. The molecule has 1 aliphatic heterocycles. The number of esters is 1. The summed E-state index contributed by atoms with van der Waals surface area (Å²) in [7, 11) is 1.25. The largest absolute Gasteiger partial charge is 0.872 e. The Morgan fingerprint density at radius 2 is 1.81 bits per heavy atom. The predicted molar refractivity (Wildman–Crippen MR) is 135 cm³/mol. The highest BCUT2D eigenvalue weighted by atomic mass is 16.5. The number of H-pyrrole nitrogens is 2. The molecule has 1 atom stereocenters. The number of pyridine rings is 1. The third-order valence-corrected chi connectivity index (χ3v) is 6.80. The molecule has 0 radical (unpaired) electrons. The number of rotatable bonds is 5. The molecule has 0 bridgehead atoms.